The smallest absolute Gasteiger partial charge is 0.0357 e. The molecule has 2 rings (SSSR count). The van der Waals surface area contributed by atoms with Crippen molar-refractivity contribution >= 4 is 26.7 Å². The highest BCUT2D eigenvalue weighted by Gasteiger charge is 2.10. The Morgan fingerprint density at radius 1 is 1.21 bits per heavy atom. The Morgan fingerprint density at radius 3 is 2.58 bits per heavy atom. The molecule has 100 valence electrons. The van der Waals surface area contributed by atoms with Crippen molar-refractivity contribution in [3.63, 3.8) is 0 Å². The van der Waals surface area contributed by atoms with E-state index in [1.54, 1.807) is 0 Å². The Morgan fingerprint density at radius 2 is 1.89 bits per heavy atom. The number of nitrogens with one attached hydrogen (secondary N) is 1. The summed E-state index contributed by atoms with van der Waals surface area (Å²) in [7, 11) is 0. The monoisotopic (exact) mass is 317 g/mol. The molecule has 0 heterocycles. The summed E-state index contributed by atoms with van der Waals surface area (Å²) in [4.78, 5) is 0. The van der Waals surface area contributed by atoms with Gasteiger partial charge in [0, 0.05) is 10.5 Å². The molecule has 19 heavy (non-hydrogen) atoms. The first-order chi connectivity index (χ1) is 9.10. The summed E-state index contributed by atoms with van der Waals surface area (Å²) in [6.07, 6.45) is 0.982. The maximum Gasteiger partial charge on any atom is 0.0357 e. The molecule has 0 aliphatic carbocycles. The maximum absolute atomic E-state index is 4.03. The summed E-state index contributed by atoms with van der Waals surface area (Å²) >= 11 is 3.51. The normalized spacial score (nSPS) is 12.6. The van der Waals surface area contributed by atoms with Crippen molar-refractivity contribution in [3.05, 3.63) is 58.6 Å². The molecule has 1 atom stereocenters. The second-order valence-corrected chi connectivity index (χ2v) is 5.94. The molecule has 1 unspecified atom stereocenters. The van der Waals surface area contributed by atoms with Crippen molar-refractivity contribution in [3.8, 4) is 0 Å². The molecule has 2 aromatic rings. The zero-order valence-corrected chi connectivity index (χ0v) is 13.1. The van der Waals surface area contributed by atoms with E-state index in [1.807, 2.05) is 0 Å². The van der Waals surface area contributed by atoms with Gasteiger partial charge in [-0.3, -0.25) is 0 Å². The molecule has 0 amide bonds. The molecule has 0 aliphatic rings. The van der Waals surface area contributed by atoms with Gasteiger partial charge in [0.05, 0.1) is 0 Å². The van der Waals surface area contributed by atoms with Crippen LogP contribution in [0.2, 0.25) is 0 Å². The third-order valence-corrected chi connectivity index (χ3v) is 3.73. The lowest BCUT2D eigenvalue weighted by molar-refractivity contribution is 0.549. The van der Waals surface area contributed by atoms with E-state index in [2.05, 4.69) is 78.1 Å². The van der Waals surface area contributed by atoms with E-state index in [9.17, 15) is 0 Å². The molecule has 0 aliphatic heterocycles. The van der Waals surface area contributed by atoms with Gasteiger partial charge in [-0.1, -0.05) is 46.6 Å². The largest absolute Gasteiger partial charge is 0.310 e. The highest BCUT2D eigenvalue weighted by atomic mass is 79.9. The zero-order valence-electron chi connectivity index (χ0n) is 11.5. The van der Waals surface area contributed by atoms with Gasteiger partial charge in [-0.25, -0.2) is 0 Å². The maximum atomic E-state index is 4.03. The number of rotatable bonds is 5. The van der Waals surface area contributed by atoms with Gasteiger partial charge < -0.3 is 5.32 Å². The van der Waals surface area contributed by atoms with Crippen molar-refractivity contribution in [2.45, 2.75) is 26.3 Å². The summed E-state index contributed by atoms with van der Waals surface area (Å²) in [6, 6.07) is 13.4. The molecule has 1 nitrogen and oxygen atoms in total. The fourth-order valence-corrected chi connectivity index (χ4v) is 2.73. The fraction of sp³-hybridized carbons (Fsp3) is 0.294. The first-order valence-electron chi connectivity index (χ1n) is 6.67. The van der Waals surface area contributed by atoms with Crippen LogP contribution in [0.4, 0.5) is 0 Å². The van der Waals surface area contributed by atoms with Crippen molar-refractivity contribution < 1.29 is 0 Å². The summed E-state index contributed by atoms with van der Waals surface area (Å²) in [5, 5.41) is 6.09. The minimum Gasteiger partial charge on any atom is -0.310 e. The van der Waals surface area contributed by atoms with Crippen LogP contribution in [-0.2, 0) is 0 Å². The van der Waals surface area contributed by atoms with Gasteiger partial charge in [-0.15, -0.1) is 6.58 Å². The van der Waals surface area contributed by atoms with Crippen LogP contribution in [0.1, 0.15) is 31.9 Å². The van der Waals surface area contributed by atoms with Crippen LogP contribution in [0.15, 0.2) is 53.0 Å². The van der Waals surface area contributed by atoms with E-state index in [-0.39, 0.29) is 0 Å². The second-order valence-electron chi connectivity index (χ2n) is 5.02. The van der Waals surface area contributed by atoms with Gasteiger partial charge in [0.1, 0.15) is 0 Å². The van der Waals surface area contributed by atoms with Gasteiger partial charge in [-0.05, 0) is 54.4 Å². The molecular formula is C17H20BrN. The molecule has 0 fully saturated rings. The Labute approximate surface area is 123 Å². The van der Waals surface area contributed by atoms with Crippen molar-refractivity contribution in [1.29, 1.82) is 0 Å². The van der Waals surface area contributed by atoms with Crippen LogP contribution < -0.4 is 5.32 Å². The topological polar surface area (TPSA) is 12.0 Å². The highest BCUT2D eigenvalue weighted by Crippen LogP contribution is 2.26. The number of benzene rings is 2. The SMILES string of the molecule is C=C(C)CC(NCC)c1ccc2cc(Br)ccc2c1. The molecular weight excluding hydrogens is 298 g/mol. The summed E-state index contributed by atoms with van der Waals surface area (Å²) < 4.78 is 1.12. The van der Waals surface area contributed by atoms with E-state index in [0.717, 1.165) is 17.4 Å². The van der Waals surface area contributed by atoms with Gasteiger partial charge in [-0.2, -0.15) is 0 Å². The van der Waals surface area contributed by atoms with E-state index >= 15 is 0 Å². The lowest BCUT2D eigenvalue weighted by atomic mass is 9.97. The van der Waals surface area contributed by atoms with Gasteiger partial charge in [0.2, 0.25) is 0 Å². The predicted octanol–water partition coefficient (Wildman–Crippen LogP) is 5.22. The predicted molar refractivity (Wildman–Crippen MR) is 87.5 cm³/mol. The Bertz CT molecular complexity index is 589. The average molecular weight is 318 g/mol. The molecule has 0 radical (unpaired) electrons. The molecule has 0 aromatic heterocycles. The minimum atomic E-state index is 0.357. The van der Waals surface area contributed by atoms with Crippen LogP contribution in [0, 0.1) is 0 Å². The fourth-order valence-electron chi connectivity index (χ4n) is 2.35. The van der Waals surface area contributed by atoms with E-state index < -0.39 is 0 Å². The van der Waals surface area contributed by atoms with E-state index in [0.29, 0.717) is 6.04 Å². The van der Waals surface area contributed by atoms with E-state index in [4.69, 9.17) is 0 Å². The Hall–Kier alpha value is -1.12. The van der Waals surface area contributed by atoms with Crippen LogP contribution >= 0.6 is 15.9 Å². The molecule has 0 saturated heterocycles. The first kappa shape index (κ1) is 14.3. The lowest BCUT2D eigenvalue weighted by Gasteiger charge is -2.19. The van der Waals surface area contributed by atoms with Crippen LogP contribution in [0.25, 0.3) is 10.8 Å². The average Bonchev–Trinajstić information content (AvgIpc) is 2.37. The van der Waals surface area contributed by atoms with Crippen molar-refractivity contribution in [1.82, 2.24) is 5.32 Å². The molecule has 2 aromatic carbocycles. The highest BCUT2D eigenvalue weighted by molar-refractivity contribution is 9.10. The third-order valence-electron chi connectivity index (χ3n) is 3.23. The Kier molecular flexibility index (Phi) is 4.78. The zero-order chi connectivity index (χ0) is 13.8. The van der Waals surface area contributed by atoms with Crippen LogP contribution in [0.3, 0.4) is 0 Å². The molecule has 2 heteroatoms. The van der Waals surface area contributed by atoms with Crippen molar-refractivity contribution in [2.75, 3.05) is 6.54 Å². The number of fused-ring (bicyclic) bond motifs is 1. The van der Waals surface area contributed by atoms with Crippen LogP contribution in [-0.4, -0.2) is 6.54 Å². The van der Waals surface area contributed by atoms with Crippen molar-refractivity contribution in [2.24, 2.45) is 0 Å². The summed E-state index contributed by atoms with van der Waals surface area (Å²) in [6.45, 7) is 9.23. The second kappa shape index (κ2) is 6.36. The molecule has 0 bridgehead atoms. The van der Waals surface area contributed by atoms with Gasteiger partial charge in [0.25, 0.3) is 0 Å². The standard InChI is InChI=1S/C17H20BrN/c1-4-19-17(9-12(2)3)15-6-5-14-11-16(18)8-7-13(14)10-15/h5-8,10-11,17,19H,2,4,9H2,1,3H3. The molecule has 0 saturated carbocycles. The first-order valence-corrected chi connectivity index (χ1v) is 7.46. The van der Waals surface area contributed by atoms with Gasteiger partial charge in [0.15, 0.2) is 0 Å². The molecule has 1 N–H and O–H groups in total. The summed E-state index contributed by atoms with van der Waals surface area (Å²) in [5.41, 5.74) is 2.54. The number of halogens is 1. The quantitative estimate of drug-likeness (QED) is 0.745. The minimum absolute atomic E-state index is 0.357. The van der Waals surface area contributed by atoms with E-state index in [1.165, 1.54) is 21.9 Å². The third kappa shape index (κ3) is 3.68. The lowest BCUT2D eigenvalue weighted by Crippen LogP contribution is -2.21. The number of hydrogen-bond acceptors (Lipinski definition) is 1. The summed E-state index contributed by atoms with van der Waals surface area (Å²) in [5.74, 6) is 0. The van der Waals surface area contributed by atoms with Gasteiger partial charge >= 0.3 is 0 Å². The molecule has 0 spiro atoms. The number of hydrogen-bond donors (Lipinski definition) is 1. The Balaban J connectivity index is 2.37. The van der Waals surface area contributed by atoms with Crippen LogP contribution in [0.5, 0.6) is 0 Å².